The molecule has 0 radical (unpaired) electrons. The van der Waals surface area contributed by atoms with E-state index >= 15 is 0 Å². The predicted octanol–water partition coefficient (Wildman–Crippen LogP) is 1.64. The van der Waals surface area contributed by atoms with Crippen LogP contribution < -0.4 is 15.8 Å². The van der Waals surface area contributed by atoms with Crippen LogP contribution in [0.1, 0.15) is 19.8 Å². The van der Waals surface area contributed by atoms with Gasteiger partial charge in [0.2, 0.25) is 5.91 Å². The average Bonchev–Trinajstić information content (AvgIpc) is 2.29. The van der Waals surface area contributed by atoms with Crippen molar-refractivity contribution in [2.24, 2.45) is 5.73 Å². The topological polar surface area (TPSA) is 64.3 Å². The summed E-state index contributed by atoms with van der Waals surface area (Å²) in [6.45, 7) is 2.23. The number of hydrogen-bond donors (Lipinski definition) is 2. The van der Waals surface area contributed by atoms with E-state index in [4.69, 9.17) is 22.7 Å². The maximum Gasteiger partial charge on any atom is 0.223 e. The Morgan fingerprint density at radius 3 is 2.72 bits per heavy atom. The second-order valence-corrected chi connectivity index (χ2v) is 4.57. The number of carbonyl (C=O) groups is 1. The number of nitrogens with one attached hydrogen (secondary N) is 1. The first-order valence-corrected chi connectivity index (χ1v) is 6.24. The molecule has 0 aromatic heterocycles. The predicted molar refractivity (Wildman–Crippen MR) is 75.6 cm³/mol. The van der Waals surface area contributed by atoms with Crippen LogP contribution in [0.3, 0.4) is 0 Å². The van der Waals surface area contributed by atoms with Crippen LogP contribution in [0.25, 0.3) is 0 Å². The molecule has 0 saturated carbocycles. The van der Waals surface area contributed by atoms with Gasteiger partial charge in [-0.3, -0.25) is 4.79 Å². The molecule has 0 aliphatic rings. The number of amides is 1. The van der Waals surface area contributed by atoms with Gasteiger partial charge in [0, 0.05) is 12.5 Å². The van der Waals surface area contributed by atoms with Gasteiger partial charge in [-0.2, -0.15) is 0 Å². The molecule has 18 heavy (non-hydrogen) atoms. The fourth-order valence-electron chi connectivity index (χ4n) is 1.48. The molecule has 1 aromatic carbocycles. The van der Waals surface area contributed by atoms with Crippen LogP contribution in [0.15, 0.2) is 30.3 Å². The van der Waals surface area contributed by atoms with E-state index in [0.29, 0.717) is 24.4 Å². The maximum atomic E-state index is 11.5. The van der Waals surface area contributed by atoms with Crippen molar-refractivity contribution >= 4 is 23.1 Å². The lowest BCUT2D eigenvalue weighted by Crippen LogP contribution is -2.35. The first kappa shape index (κ1) is 14.4. The minimum atomic E-state index is -0.0605. The van der Waals surface area contributed by atoms with E-state index < -0.39 is 0 Å². The van der Waals surface area contributed by atoms with Gasteiger partial charge >= 0.3 is 0 Å². The highest BCUT2D eigenvalue weighted by Crippen LogP contribution is 2.08. The molecular formula is C13H18N2O2S. The number of benzene rings is 1. The number of rotatable bonds is 7. The van der Waals surface area contributed by atoms with Gasteiger partial charge in [0.25, 0.3) is 0 Å². The summed E-state index contributed by atoms with van der Waals surface area (Å²) in [5.41, 5.74) is 5.40. The number of para-hydroxylation sites is 1. The molecule has 0 aliphatic carbocycles. The van der Waals surface area contributed by atoms with Crippen LogP contribution in [0.5, 0.6) is 5.75 Å². The van der Waals surface area contributed by atoms with Crippen LogP contribution in [0.4, 0.5) is 0 Å². The molecule has 4 nitrogen and oxygen atoms in total. The fraction of sp³-hybridized carbons (Fsp3) is 0.385. The van der Waals surface area contributed by atoms with Crippen molar-refractivity contribution < 1.29 is 9.53 Å². The van der Waals surface area contributed by atoms with E-state index in [9.17, 15) is 4.79 Å². The Morgan fingerprint density at radius 1 is 1.44 bits per heavy atom. The van der Waals surface area contributed by atoms with E-state index in [-0.39, 0.29) is 11.9 Å². The molecule has 1 amide bonds. The van der Waals surface area contributed by atoms with Crippen molar-refractivity contribution in [1.82, 2.24) is 5.32 Å². The van der Waals surface area contributed by atoms with Gasteiger partial charge in [-0.05, 0) is 19.1 Å². The molecule has 98 valence electrons. The van der Waals surface area contributed by atoms with Crippen LogP contribution in [0, 0.1) is 0 Å². The van der Waals surface area contributed by atoms with Gasteiger partial charge in [0.05, 0.1) is 18.0 Å². The number of nitrogens with two attached hydrogens (primary N) is 1. The summed E-state index contributed by atoms with van der Waals surface area (Å²) in [6, 6.07) is 9.36. The lowest BCUT2D eigenvalue weighted by atomic mass is 10.2. The van der Waals surface area contributed by atoms with Gasteiger partial charge in [-0.1, -0.05) is 30.4 Å². The van der Waals surface area contributed by atoms with Gasteiger partial charge in [0.1, 0.15) is 5.75 Å². The normalized spacial score (nSPS) is 11.6. The molecule has 0 bridgehead atoms. The summed E-state index contributed by atoms with van der Waals surface area (Å²) in [5, 5.41) is 2.81. The third-order valence-electron chi connectivity index (χ3n) is 2.26. The first-order valence-electron chi connectivity index (χ1n) is 5.83. The van der Waals surface area contributed by atoms with E-state index in [2.05, 4.69) is 5.32 Å². The van der Waals surface area contributed by atoms with Crippen molar-refractivity contribution in [2.45, 2.75) is 25.8 Å². The molecular weight excluding hydrogens is 248 g/mol. The van der Waals surface area contributed by atoms with Crippen molar-refractivity contribution in [3.8, 4) is 5.75 Å². The summed E-state index contributed by atoms with van der Waals surface area (Å²) >= 11 is 4.78. The number of carbonyl (C=O) groups excluding carboxylic acids is 1. The zero-order chi connectivity index (χ0) is 13.4. The maximum absolute atomic E-state index is 11.5. The largest absolute Gasteiger partial charge is 0.493 e. The van der Waals surface area contributed by atoms with Crippen molar-refractivity contribution in [2.75, 3.05) is 6.61 Å². The zero-order valence-corrected chi connectivity index (χ0v) is 11.2. The Bertz CT molecular complexity index is 395. The van der Waals surface area contributed by atoms with Gasteiger partial charge in [0.15, 0.2) is 0 Å². The number of ether oxygens (including phenoxy) is 1. The van der Waals surface area contributed by atoms with Crippen molar-refractivity contribution in [3.05, 3.63) is 30.3 Å². The molecule has 1 rings (SSSR count). The van der Waals surface area contributed by atoms with Crippen molar-refractivity contribution in [3.63, 3.8) is 0 Å². The molecule has 5 heteroatoms. The zero-order valence-electron chi connectivity index (χ0n) is 10.4. The molecule has 0 aliphatic heterocycles. The summed E-state index contributed by atoms with van der Waals surface area (Å²) in [7, 11) is 0. The average molecular weight is 266 g/mol. The third-order valence-corrected chi connectivity index (χ3v) is 2.42. The Morgan fingerprint density at radius 2 is 2.11 bits per heavy atom. The SMILES string of the molecule is CC(CC(N)=S)NC(=O)CCOc1ccccc1. The summed E-state index contributed by atoms with van der Waals surface area (Å²) < 4.78 is 5.43. The standard InChI is InChI=1S/C13H18N2O2S/c1-10(9-12(14)18)15-13(16)7-8-17-11-5-3-2-4-6-11/h2-6,10H,7-9H2,1H3,(H2,14,18)(H,15,16). The molecule has 0 saturated heterocycles. The van der Waals surface area contributed by atoms with Gasteiger partial charge < -0.3 is 15.8 Å². The van der Waals surface area contributed by atoms with Gasteiger partial charge in [-0.15, -0.1) is 0 Å². The molecule has 1 unspecified atom stereocenters. The highest BCUT2D eigenvalue weighted by molar-refractivity contribution is 7.80. The minimum absolute atomic E-state index is 0.0354. The Hall–Kier alpha value is -1.62. The fourth-order valence-corrected chi connectivity index (χ4v) is 1.73. The Balaban J connectivity index is 2.19. The van der Waals surface area contributed by atoms with Crippen LogP contribution in [-0.2, 0) is 4.79 Å². The van der Waals surface area contributed by atoms with E-state index in [0.717, 1.165) is 5.75 Å². The number of thiocarbonyl (C=S) groups is 1. The highest BCUT2D eigenvalue weighted by Gasteiger charge is 2.08. The number of hydrogen-bond acceptors (Lipinski definition) is 3. The van der Waals surface area contributed by atoms with Crippen LogP contribution in [-0.4, -0.2) is 23.5 Å². The second kappa shape index (κ2) is 7.66. The van der Waals surface area contributed by atoms with E-state index in [1.54, 1.807) is 0 Å². The molecule has 1 aromatic rings. The summed E-state index contributed by atoms with van der Waals surface area (Å²) in [5.74, 6) is 0.705. The first-order chi connectivity index (χ1) is 8.58. The molecule has 1 atom stereocenters. The van der Waals surface area contributed by atoms with Gasteiger partial charge in [-0.25, -0.2) is 0 Å². The van der Waals surface area contributed by atoms with Crippen LogP contribution in [0.2, 0.25) is 0 Å². The highest BCUT2D eigenvalue weighted by atomic mass is 32.1. The van der Waals surface area contributed by atoms with Crippen molar-refractivity contribution in [1.29, 1.82) is 0 Å². The Kier molecular flexibility index (Phi) is 6.14. The smallest absolute Gasteiger partial charge is 0.223 e. The Labute approximate surface area is 113 Å². The quantitative estimate of drug-likeness (QED) is 0.736. The second-order valence-electron chi connectivity index (χ2n) is 4.05. The van der Waals surface area contributed by atoms with E-state index in [1.807, 2.05) is 37.3 Å². The summed E-state index contributed by atoms with van der Waals surface area (Å²) in [6.07, 6.45) is 0.831. The minimum Gasteiger partial charge on any atom is -0.493 e. The third kappa shape index (κ3) is 6.20. The molecule has 0 fully saturated rings. The molecule has 0 heterocycles. The summed E-state index contributed by atoms with van der Waals surface area (Å²) in [4.78, 5) is 12.0. The molecule has 3 N–H and O–H groups in total. The van der Waals surface area contributed by atoms with E-state index in [1.165, 1.54) is 0 Å². The lowest BCUT2D eigenvalue weighted by Gasteiger charge is -2.13. The van der Waals surface area contributed by atoms with Crippen LogP contribution >= 0.6 is 12.2 Å². The molecule has 0 spiro atoms. The monoisotopic (exact) mass is 266 g/mol. The lowest BCUT2D eigenvalue weighted by molar-refractivity contribution is -0.122.